The molecule has 1 aromatic heterocycles. The summed E-state index contributed by atoms with van der Waals surface area (Å²) >= 11 is 0. The first kappa shape index (κ1) is 21.2. The lowest BCUT2D eigenvalue weighted by atomic mass is 10.0. The summed E-state index contributed by atoms with van der Waals surface area (Å²) in [5, 5.41) is 5.62. The van der Waals surface area contributed by atoms with E-state index in [-0.39, 0.29) is 30.7 Å². The summed E-state index contributed by atoms with van der Waals surface area (Å²) in [4.78, 5) is 44.3. The number of nitrogens with zero attached hydrogens (tertiary/aromatic N) is 2. The van der Waals surface area contributed by atoms with E-state index >= 15 is 0 Å². The number of carbonyl (C=O) groups excluding carboxylic acids is 3. The second-order valence-electron chi connectivity index (χ2n) is 7.70. The fourth-order valence-corrected chi connectivity index (χ4v) is 3.74. The van der Waals surface area contributed by atoms with E-state index in [0.717, 1.165) is 11.3 Å². The molecule has 0 radical (unpaired) electrons. The van der Waals surface area contributed by atoms with Crippen molar-refractivity contribution in [3.05, 3.63) is 90.6 Å². The van der Waals surface area contributed by atoms with Crippen LogP contribution in [-0.4, -0.2) is 35.3 Å². The van der Waals surface area contributed by atoms with Gasteiger partial charge in [-0.3, -0.25) is 14.4 Å². The summed E-state index contributed by atoms with van der Waals surface area (Å²) < 4.78 is 0. The first-order valence-electron chi connectivity index (χ1n) is 10.5. The zero-order chi connectivity index (χ0) is 22.3. The highest BCUT2D eigenvalue weighted by atomic mass is 16.2. The van der Waals surface area contributed by atoms with Gasteiger partial charge >= 0.3 is 0 Å². The number of hydrogen-bond acceptors (Lipinski definition) is 4. The van der Waals surface area contributed by atoms with Gasteiger partial charge in [0.05, 0.1) is 5.92 Å². The molecule has 2 N–H and O–H groups in total. The Kier molecular flexibility index (Phi) is 6.55. The molecule has 1 aliphatic heterocycles. The van der Waals surface area contributed by atoms with Gasteiger partial charge in [0.2, 0.25) is 17.7 Å². The largest absolute Gasteiger partial charge is 0.344 e. The molecule has 0 saturated carbocycles. The molecule has 7 heteroatoms. The normalized spacial score (nSPS) is 16.4. The number of rotatable bonds is 7. The van der Waals surface area contributed by atoms with Crippen molar-refractivity contribution in [1.82, 2.24) is 10.3 Å². The molecule has 2 heterocycles. The van der Waals surface area contributed by atoms with Crippen molar-refractivity contribution >= 4 is 29.2 Å². The monoisotopic (exact) mass is 428 g/mol. The van der Waals surface area contributed by atoms with Gasteiger partial charge in [0.15, 0.2) is 0 Å². The van der Waals surface area contributed by atoms with Crippen LogP contribution in [-0.2, 0) is 20.8 Å². The number of para-hydroxylation sites is 1. The predicted molar refractivity (Wildman–Crippen MR) is 122 cm³/mol. The molecule has 1 fully saturated rings. The summed E-state index contributed by atoms with van der Waals surface area (Å²) in [6, 6.07) is 23.2. The lowest BCUT2D eigenvalue weighted by Crippen LogP contribution is -2.47. The van der Waals surface area contributed by atoms with E-state index < -0.39 is 12.0 Å². The SMILES string of the molecule is O=C(N[C@@H](Cc1ccccc1)C(=O)Nc1ccccn1)C1CC(=O)N(c2ccccc2)C1. The highest BCUT2D eigenvalue weighted by molar-refractivity contribution is 6.02. The second-order valence-corrected chi connectivity index (χ2v) is 7.70. The number of amides is 3. The Morgan fingerprint density at radius 3 is 2.34 bits per heavy atom. The fraction of sp³-hybridized carbons (Fsp3) is 0.200. The van der Waals surface area contributed by atoms with Crippen LogP contribution in [0.15, 0.2) is 85.1 Å². The van der Waals surface area contributed by atoms with Gasteiger partial charge in [-0.2, -0.15) is 0 Å². The minimum absolute atomic E-state index is 0.103. The van der Waals surface area contributed by atoms with Crippen LogP contribution in [0.3, 0.4) is 0 Å². The Bertz CT molecular complexity index is 1070. The average molecular weight is 428 g/mol. The van der Waals surface area contributed by atoms with Crippen molar-refractivity contribution in [2.45, 2.75) is 18.9 Å². The molecule has 2 atom stereocenters. The van der Waals surface area contributed by atoms with Gasteiger partial charge in [0.1, 0.15) is 11.9 Å². The van der Waals surface area contributed by atoms with Crippen LogP contribution in [0, 0.1) is 5.92 Å². The van der Waals surface area contributed by atoms with Crippen LogP contribution in [0.4, 0.5) is 11.5 Å². The zero-order valence-corrected chi connectivity index (χ0v) is 17.5. The number of benzene rings is 2. The van der Waals surface area contributed by atoms with Gasteiger partial charge in [0, 0.05) is 31.3 Å². The van der Waals surface area contributed by atoms with E-state index in [1.54, 1.807) is 29.3 Å². The maximum Gasteiger partial charge on any atom is 0.248 e. The fourth-order valence-electron chi connectivity index (χ4n) is 3.74. The molecule has 4 rings (SSSR count). The maximum atomic E-state index is 13.0. The van der Waals surface area contributed by atoms with E-state index in [1.807, 2.05) is 60.7 Å². The quantitative estimate of drug-likeness (QED) is 0.605. The van der Waals surface area contributed by atoms with Crippen molar-refractivity contribution in [1.29, 1.82) is 0 Å². The van der Waals surface area contributed by atoms with Gasteiger partial charge in [-0.05, 0) is 29.8 Å². The Morgan fingerprint density at radius 2 is 1.66 bits per heavy atom. The van der Waals surface area contributed by atoms with E-state index in [9.17, 15) is 14.4 Å². The van der Waals surface area contributed by atoms with Crippen molar-refractivity contribution in [3.8, 4) is 0 Å². The van der Waals surface area contributed by atoms with E-state index in [0.29, 0.717) is 12.2 Å². The van der Waals surface area contributed by atoms with Crippen molar-refractivity contribution in [3.63, 3.8) is 0 Å². The summed E-state index contributed by atoms with van der Waals surface area (Å²) in [6.07, 6.45) is 2.03. The van der Waals surface area contributed by atoms with E-state index in [1.165, 1.54) is 0 Å². The maximum absolute atomic E-state index is 13.0. The van der Waals surface area contributed by atoms with Crippen molar-refractivity contribution in [2.24, 2.45) is 5.92 Å². The van der Waals surface area contributed by atoms with Crippen LogP contribution in [0.2, 0.25) is 0 Å². The standard InChI is InChI=1S/C25H24N4O3/c30-23-16-19(17-29(23)20-11-5-2-6-12-20)24(31)27-21(15-18-9-3-1-4-10-18)25(32)28-22-13-7-8-14-26-22/h1-14,19,21H,15-17H2,(H,27,31)(H,26,28,32)/t19?,21-/m0/s1. The van der Waals surface area contributed by atoms with Crippen LogP contribution < -0.4 is 15.5 Å². The number of hydrogen-bond donors (Lipinski definition) is 2. The molecule has 1 unspecified atom stereocenters. The highest BCUT2D eigenvalue weighted by Crippen LogP contribution is 2.25. The first-order chi connectivity index (χ1) is 15.6. The minimum atomic E-state index is -0.798. The molecule has 0 aliphatic carbocycles. The lowest BCUT2D eigenvalue weighted by Gasteiger charge is -2.21. The molecule has 2 aromatic carbocycles. The van der Waals surface area contributed by atoms with Crippen molar-refractivity contribution in [2.75, 3.05) is 16.8 Å². The topological polar surface area (TPSA) is 91.4 Å². The van der Waals surface area contributed by atoms with Gasteiger partial charge in [-0.1, -0.05) is 54.6 Å². The number of nitrogens with one attached hydrogen (secondary N) is 2. The number of aromatic nitrogens is 1. The molecule has 7 nitrogen and oxygen atoms in total. The first-order valence-corrected chi connectivity index (χ1v) is 10.5. The van der Waals surface area contributed by atoms with E-state index in [2.05, 4.69) is 15.6 Å². The predicted octanol–water partition coefficient (Wildman–Crippen LogP) is 2.80. The molecule has 3 aromatic rings. The van der Waals surface area contributed by atoms with Crippen LogP contribution in [0.25, 0.3) is 0 Å². The third-order valence-corrected chi connectivity index (χ3v) is 5.40. The number of anilines is 2. The lowest BCUT2D eigenvalue weighted by molar-refractivity contribution is -0.129. The Morgan fingerprint density at radius 1 is 0.969 bits per heavy atom. The molecular formula is C25H24N4O3. The molecule has 1 aliphatic rings. The summed E-state index contributed by atoms with van der Waals surface area (Å²) in [5.41, 5.74) is 1.68. The second kappa shape index (κ2) is 9.87. The number of pyridine rings is 1. The average Bonchev–Trinajstić information content (AvgIpc) is 3.22. The summed E-state index contributed by atoms with van der Waals surface area (Å²) in [6.45, 7) is 0.286. The third kappa shape index (κ3) is 5.18. The van der Waals surface area contributed by atoms with Crippen molar-refractivity contribution < 1.29 is 14.4 Å². The summed E-state index contributed by atoms with van der Waals surface area (Å²) in [7, 11) is 0. The molecule has 3 amide bonds. The highest BCUT2D eigenvalue weighted by Gasteiger charge is 2.36. The van der Waals surface area contributed by atoms with Gasteiger partial charge in [0.25, 0.3) is 0 Å². The Hall–Kier alpha value is -4.00. The van der Waals surface area contributed by atoms with Gasteiger partial charge < -0.3 is 15.5 Å². The van der Waals surface area contributed by atoms with Crippen LogP contribution >= 0.6 is 0 Å². The molecular weight excluding hydrogens is 404 g/mol. The number of carbonyl (C=O) groups is 3. The van der Waals surface area contributed by atoms with E-state index in [4.69, 9.17) is 0 Å². The van der Waals surface area contributed by atoms with Crippen LogP contribution in [0.5, 0.6) is 0 Å². The van der Waals surface area contributed by atoms with Gasteiger partial charge in [-0.25, -0.2) is 4.98 Å². The molecule has 0 spiro atoms. The van der Waals surface area contributed by atoms with Gasteiger partial charge in [-0.15, -0.1) is 0 Å². The Balaban J connectivity index is 1.47. The molecule has 162 valence electrons. The summed E-state index contributed by atoms with van der Waals surface area (Å²) in [5.74, 6) is -0.882. The molecule has 0 bridgehead atoms. The third-order valence-electron chi connectivity index (χ3n) is 5.40. The molecule has 1 saturated heterocycles. The minimum Gasteiger partial charge on any atom is -0.344 e. The zero-order valence-electron chi connectivity index (χ0n) is 17.5. The molecule has 32 heavy (non-hydrogen) atoms. The van der Waals surface area contributed by atoms with Crippen LogP contribution in [0.1, 0.15) is 12.0 Å². The Labute approximate surface area is 186 Å². The smallest absolute Gasteiger partial charge is 0.248 e.